The van der Waals surface area contributed by atoms with Gasteiger partial charge in [0.2, 0.25) is 0 Å². The number of rotatable bonds is 5. The van der Waals surface area contributed by atoms with Gasteiger partial charge in [-0.1, -0.05) is 48.5 Å². The lowest BCUT2D eigenvalue weighted by atomic mass is 10.0. The van der Waals surface area contributed by atoms with Gasteiger partial charge in [0.05, 0.1) is 12.1 Å². The molecule has 1 fully saturated rings. The van der Waals surface area contributed by atoms with Gasteiger partial charge in [-0.2, -0.15) is 0 Å². The van der Waals surface area contributed by atoms with Crippen LogP contribution in [0.25, 0.3) is 10.9 Å². The van der Waals surface area contributed by atoms with Crippen LogP contribution in [0.2, 0.25) is 0 Å². The Balaban J connectivity index is 1.62. The van der Waals surface area contributed by atoms with Crippen molar-refractivity contribution in [1.29, 1.82) is 0 Å². The Morgan fingerprint density at radius 3 is 2.59 bits per heavy atom. The van der Waals surface area contributed by atoms with E-state index in [4.69, 9.17) is 0 Å². The second kappa shape index (κ2) is 8.64. The zero-order valence-corrected chi connectivity index (χ0v) is 18.4. The lowest BCUT2D eigenvalue weighted by Gasteiger charge is -2.37. The van der Waals surface area contributed by atoms with Crippen LogP contribution in [0.3, 0.4) is 0 Å². The lowest BCUT2D eigenvalue weighted by molar-refractivity contribution is 0.121. The van der Waals surface area contributed by atoms with Crippen LogP contribution in [-0.2, 0) is 6.54 Å². The Bertz CT molecular complexity index is 1270. The quantitative estimate of drug-likeness (QED) is 0.524. The Hall–Kier alpha value is -3.36. The van der Waals surface area contributed by atoms with Gasteiger partial charge in [0.25, 0.3) is 5.56 Å². The Labute approximate surface area is 186 Å². The van der Waals surface area contributed by atoms with E-state index in [0.717, 1.165) is 48.2 Å². The number of para-hydroxylation sites is 1. The number of nitrogens with zero attached hydrogens (tertiary/aromatic N) is 6. The number of aromatic nitrogens is 5. The first-order valence-electron chi connectivity index (χ1n) is 11.0. The van der Waals surface area contributed by atoms with E-state index >= 15 is 0 Å². The fraction of sp³-hybridized carbons (Fsp3) is 0.333. The van der Waals surface area contributed by atoms with Crippen molar-refractivity contribution < 1.29 is 0 Å². The zero-order valence-electron chi connectivity index (χ0n) is 18.4. The van der Waals surface area contributed by atoms with E-state index in [1.54, 1.807) is 0 Å². The highest BCUT2D eigenvalue weighted by Gasteiger charge is 2.32. The maximum absolute atomic E-state index is 13.3. The van der Waals surface area contributed by atoms with Gasteiger partial charge < -0.3 is 9.88 Å². The number of likely N-dealkylation sites (N-methyl/N-ethyl adjacent to an activating group) is 1. The van der Waals surface area contributed by atoms with Gasteiger partial charge >= 0.3 is 0 Å². The van der Waals surface area contributed by atoms with Crippen molar-refractivity contribution in [2.24, 2.45) is 0 Å². The fourth-order valence-corrected chi connectivity index (χ4v) is 4.46. The summed E-state index contributed by atoms with van der Waals surface area (Å²) in [6.07, 6.45) is 0. The third-order valence-electron chi connectivity index (χ3n) is 6.29. The molecular weight excluding hydrogens is 402 g/mol. The van der Waals surface area contributed by atoms with Gasteiger partial charge in [0.1, 0.15) is 6.04 Å². The SMILES string of the molecule is Cc1cccc2cc([C@@H](c3nnnn3Cc3ccccc3)N3CCN(C)CC3)c(=O)[nH]c12. The van der Waals surface area contributed by atoms with Crippen molar-refractivity contribution in [2.45, 2.75) is 19.5 Å². The predicted octanol–water partition coefficient (Wildman–Crippen LogP) is 2.21. The maximum Gasteiger partial charge on any atom is 0.253 e. The summed E-state index contributed by atoms with van der Waals surface area (Å²) in [5.41, 5.74) is 3.63. The van der Waals surface area contributed by atoms with Crippen LogP contribution in [0.15, 0.2) is 59.4 Å². The maximum atomic E-state index is 13.3. The van der Waals surface area contributed by atoms with Gasteiger partial charge in [0, 0.05) is 31.7 Å². The van der Waals surface area contributed by atoms with Crippen LogP contribution in [0, 0.1) is 6.92 Å². The van der Waals surface area contributed by atoms with Crippen molar-refractivity contribution in [2.75, 3.05) is 33.2 Å². The summed E-state index contributed by atoms with van der Waals surface area (Å²) >= 11 is 0. The molecule has 5 rings (SSSR count). The first-order chi connectivity index (χ1) is 15.6. The fourth-order valence-electron chi connectivity index (χ4n) is 4.46. The van der Waals surface area contributed by atoms with Crippen LogP contribution in [0.4, 0.5) is 0 Å². The van der Waals surface area contributed by atoms with Gasteiger partial charge in [-0.05, 0) is 47.0 Å². The van der Waals surface area contributed by atoms with Crippen LogP contribution in [-0.4, -0.2) is 68.2 Å². The molecule has 2 aromatic heterocycles. The molecule has 0 amide bonds. The van der Waals surface area contributed by atoms with Crippen molar-refractivity contribution in [1.82, 2.24) is 35.0 Å². The van der Waals surface area contributed by atoms with E-state index in [9.17, 15) is 4.79 Å². The molecule has 0 spiro atoms. The molecule has 0 aliphatic carbocycles. The second-order valence-electron chi connectivity index (χ2n) is 8.52. The minimum atomic E-state index is -0.323. The minimum absolute atomic E-state index is 0.0926. The molecule has 164 valence electrons. The van der Waals surface area contributed by atoms with Crippen molar-refractivity contribution in [3.63, 3.8) is 0 Å². The highest BCUT2D eigenvalue weighted by molar-refractivity contribution is 5.82. The smallest absolute Gasteiger partial charge is 0.253 e. The highest BCUT2D eigenvalue weighted by Crippen LogP contribution is 2.28. The Morgan fingerprint density at radius 1 is 1.03 bits per heavy atom. The number of benzene rings is 2. The highest BCUT2D eigenvalue weighted by atomic mass is 16.1. The number of hydrogen-bond donors (Lipinski definition) is 1. The van der Waals surface area contributed by atoms with Gasteiger partial charge in [0.15, 0.2) is 5.82 Å². The van der Waals surface area contributed by atoms with Crippen molar-refractivity contribution in [3.8, 4) is 0 Å². The molecule has 32 heavy (non-hydrogen) atoms. The summed E-state index contributed by atoms with van der Waals surface area (Å²) in [6, 6.07) is 17.9. The number of pyridine rings is 1. The van der Waals surface area contributed by atoms with E-state index in [0.29, 0.717) is 17.9 Å². The molecule has 0 radical (unpaired) electrons. The average Bonchev–Trinajstić information content (AvgIpc) is 3.24. The topological polar surface area (TPSA) is 82.9 Å². The molecule has 8 heteroatoms. The molecule has 3 heterocycles. The van der Waals surface area contributed by atoms with Crippen LogP contribution in [0.5, 0.6) is 0 Å². The van der Waals surface area contributed by atoms with E-state index in [2.05, 4.69) is 49.5 Å². The molecule has 1 atom stereocenters. The first-order valence-corrected chi connectivity index (χ1v) is 11.0. The van der Waals surface area contributed by atoms with Gasteiger partial charge in [-0.25, -0.2) is 4.68 Å². The number of piperazine rings is 1. The Kier molecular flexibility index (Phi) is 5.55. The zero-order chi connectivity index (χ0) is 22.1. The summed E-state index contributed by atoms with van der Waals surface area (Å²) < 4.78 is 1.82. The van der Waals surface area contributed by atoms with Crippen LogP contribution < -0.4 is 5.56 Å². The van der Waals surface area contributed by atoms with Crippen LogP contribution in [0.1, 0.15) is 28.6 Å². The molecule has 0 unspecified atom stereocenters. The molecule has 0 saturated carbocycles. The van der Waals surface area contributed by atoms with E-state index in [1.807, 2.05) is 54.1 Å². The number of aryl methyl sites for hydroxylation is 1. The molecule has 2 aromatic carbocycles. The number of nitrogens with one attached hydrogen (secondary N) is 1. The van der Waals surface area contributed by atoms with Crippen LogP contribution >= 0.6 is 0 Å². The number of tetrazole rings is 1. The average molecular weight is 430 g/mol. The molecule has 1 saturated heterocycles. The molecule has 1 aliphatic heterocycles. The minimum Gasteiger partial charge on any atom is -0.321 e. The number of H-pyrrole nitrogens is 1. The van der Waals surface area contributed by atoms with E-state index < -0.39 is 0 Å². The third-order valence-corrected chi connectivity index (χ3v) is 6.29. The van der Waals surface area contributed by atoms with E-state index in [1.165, 1.54) is 0 Å². The number of hydrogen-bond acceptors (Lipinski definition) is 6. The van der Waals surface area contributed by atoms with Gasteiger partial charge in [-0.15, -0.1) is 5.10 Å². The van der Waals surface area contributed by atoms with Crippen molar-refractivity contribution >= 4 is 10.9 Å². The van der Waals surface area contributed by atoms with Crippen molar-refractivity contribution in [3.05, 3.63) is 87.5 Å². The normalized spacial score (nSPS) is 16.4. The first kappa shape index (κ1) is 20.5. The summed E-state index contributed by atoms with van der Waals surface area (Å²) in [7, 11) is 2.12. The summed E-state index contributed by atoms with van der Waals surface area (Å²) in [6.45, 7) is 6.10. The Morgan fingerprint density at radius 2 is 1.81 bits per heavy atom. The van der Waals surface area contributed by atoms with Gasteiger partial charge in [-0.3, -0.25) is 9.69 Å². The molecule has 1 aliphatic rings. The second-order valence-corrected chi connectivity index (χ2v) is 8.52. The largest absolute Gasteiger partial charge is 0.321 e. The molecular formula is C24H27N7O. The molecule has 0 bridgehead atoms. The molecule has 1 N–H and O–H groups in total. The predicted molar refractivity (Wildman–Crippen MR) is 124 cm³/mol. The third kappa shape index (κ3) is 3.94. The molecule has 4 aromatic rings. The summed E-state index contributed by atoms with van der Waals surface area (Å²) in [5.74, 6) is 0.691. The summed E-state index contributed by atoms with van der Waals surface area (Å²) in [4.78, 5) is 21.1. The number of fused-ring (bicyclic) bond motifs is 1. The number of aromatic amines is 1. The van der Waals surface area contributed by atoms with E-state index in [-0.39, 0.29) is 11.6 Å². The molecule has 8 nitrogen and oxygen atoms in total. The monoisotopic (exact) mass is 429 g/mol. The standard InChI is InChI=1S/C24H27N7O/c1-17-7-6-10-19-15-20(24(32)25-21(17)19)22(30-13-11-29(2)12-14-30)23-26-27-28-31(23)16-18-8-4-3-5-9-18/h3-10,15,22H,11-14,16H2,1-2H3,(H,25,32)/t22-/m0/s1. The summed E-state index contributed by atoms with van der Waals surface area (Å²) in [5, 5.41) is 13.7. The lowest BCUT2D eigenvalue weighted by Crippen LogP contribution is -2.47.